The summed E-state index contributed by atoms with van der Waals surface area (Å²) in [5, 5.41) is 17.8. The van der Waals surface area contributed by atoms with Gasteiger partial charge in [-0.25, -0.2) is 0 Å². The number of aromatic hydroxyl groups is 1. The number of nitrogens with zero attached hydrogens (tertiary/aromatic N) is 2. The van der Waals surface area contributed by atoms with Gasteiger partial charge in [0.1, 0.15) is 4.88 Å². The number of nitrogens with one attached hydrogen (secondary N) is 1. The number of anilines is 2. The molecule has 30 heavy (non-hydrogen) atoms. The van der Waals surface area contributed by atoms with E-state index in [-0.39, 0.29) is 58.5 Å². The number of hydrogen-bond acceptors (Lipinski definition) is 6. The summed E-state index contributed by atoms with van der Waals surface area (Å²) in [7, 11) is 3.18. The van der Waals surface area contributed by atoms with Gasteiger partial charge in [-0.1, -0.05) is 61.0 Å². The second-order valence-electron chi connectivity index (χ2n) is 6.88. The van der Waals surface area contributed by atoms with E-state index in [2.05, 4.69) is 10.6 Å². The third kappa shape index (κ3) is 4.31. The molecule has 1 heterocycles. The minimum absolute atomic E-state index is 0. The number of carbonyl (C=O) groups is 1. The number of carbonyl (C=O) groups excluding carboxylic acids is 1. The minimum atomic E-state index is -0.683. The van der Waals surface area contributed by atoms with Crippen molar-refractivity contribution in [2.24, 2.45) is 0 Å². The van der Waals surface area contributed by atoms with E-state index < -0.39 is 10.9 Å². The quantitative estimate of drug-likeness (QED) is 0.439. The van der Waals surface area contributed by atoms with Gasteiger partial charge in [0.2, 0.25) is 10.9 Å². The third-order valence-electron chi connectivity index (χ3n) is 4.65. The molecule has 0 aliphatic heterocycles. The first kappa shape index (κ1) is 23.7. The molecule has 0 spiro atoms. The molecule has 152 valence electrons. The maximum atomic E-state index is 12.2. The number of amides is 1. The fraction of sp³-hybridized carbons (Fsp3) is 0.286. The van der Waals surface area contributed by atoms with Crippen LogP contribution in [0.2, 0.25) is 0 Å². The van der Waals surface area contributed by atoms with Crippen LogP contribution in [-0.2, 0) is 0 Å². The Labute approximate surface area is 190 Å². The number of hydrogen-bond donors (Lipinski definition) is 2. The zero-order valence-electron chi connectivity index (χ0n) is 17.6. The van der Waals surface area contributed by atoms with Gasteiger partial charge in [-0.15, -0.1) is 11.3 Å². The van der Waals surface area contributed by atoms with E-state index in [1.165, 1.54) is 4.90 Å². The zero-order valence-corrected chi connectivity index (χ0v) is 18.5. The monoisotopic (exact) mass is 419 g/mol. The molecule has 1 atom stereocenters. The Morgan fingerprint density at radius 1 is 1.17 bits per heavy atom. The Kier molecular flexibility index (Phi) is 7.53. The summed E-state index contributed by atoms with van der Waals surface area (Å²) in [4.78, 5) is 38.7. The second kappa shape index (κ2) is 9.52. The predicted molar refractivity (Wildman–Crippen MR) is 116 cm³/mol. The molecule has 0 saturated heterocycles. The Balaban J connectivity index is 0.00000320. The van der Waals surface area contributed by atoms with Crippen LogP contribution in [0.3, 0.4) is 0 Å². The molecule has 0 aliphatic rings. The molecule has 0 aliphatic carbocycles. The first-order valence-electron chi connectivity index (χ1n) is 9.16. The van der Waals surface area contributed by atoms with Gasteiger partial charge < -0.3 is 20.6 Å². The van der Waals surface area contributed by atoms with E-state index in [0.717, 1.165) is 16.9 Å². The first-order valence-corrected chi connectivity index (χ1v) is 9.98. The van der Waals surface area contributed by atoms with Crippen LogP contribution in [0.25, 0.3) is 5.32 Å². The van der Waals surface area contributed by atoms with E-state index in [0.29, 0.717) is 11.3 Å². The molecule has 3 rings (SSSR count). The van der Waals surface area contributed by atoms with Crippen LogP contribution in [0, 0.1) is 6.92 Å². The third-order valence-corrected chi connectivity index (χ3v) is 5.73. The molecule has 9 heteroatoms. The maximum Gasteiger partial charge on any atom is 1.00 e. The van der Waals surface area contributed by atoms with Gasteiger partial charge >= 0.3 is 18.9 Å². The summed E-state index contributed by atoms with van der Waals surface area (Å²) in [6.07, 6.45) is 0.659. The SMILES string of the molecule is CC[C@@H]([N-]c1c(Nc2c(C)sc(C(=O)N(C)C)c2O)c(=O)c1=O)c1ccccc1.[Li+]. The molecule has 2 aromatic carbocycles. The molecule has 0 saturated carbocycles. The van der Waals surface area contributed by atoms with Crippen LogP contribution in [0.15, 0.2) is 39.9 Å². The molecule has 0 fully saturated rings. The van der Waals surface area contributed by atoms with Crippen molar-refractivity contribution in [3.63, 3.8) is 0 Å². The summed E-state index contributed by atoms with van der Waals surface area (Å²) in [6, 6.07) is 9.27. The van der Waals surface area contributed by atoms with Crippen LogP contribution < -0.4 is 35.0 Å². The minimum Gasteiger partial charge on any atom is -0.673 e. The second-order valence-corrected chi connectivity index (χ2v) is 8.11. The maximum absolute atomic E-state index is 12.2. The van der Waals surface area contributed by atoms with E-state index in [4.69, 9.17) is 0 Å². The normalized spacial score (nSPS) is 11.6. The largest absolute Gasteiger partial charge is 1.00 e. The summed E-state index contributed by atoms with van der Waals surface area (Å²) in [5.41, 5.74) is -0.0319. The fourth-order valence-electron chi connectivity index (χ4n) is 3.00. The Hall–Kier alpha value is -2.53. The van der Waals surface area contributed by atoms with Crippen molar-refractivity contribution in [2.75, 3.05) is 19.4 Å². The number of aryl methyl sites for hydroxylation is 1. The van der Waals surface area contributed by atoms with E-state index >= 15 is 0 Å². The Bertz CT molecular complexity index is 1120. The van der Waals surface area contributed by atoms with E-state index in [1.807, 2.05) is 37.3 Å². The van der Waals surface area contributed by atoms with Crippen molar-refractivity contribution in [1.82, 2.24) is 4.90 Å². The Morgan fingerprint density at radius 3 is 2.37 bits per heavy atom. The van der Waals surface area contributed by atoms with Crippen molar-refractivity contribution in [2.45, 2.75) is 26.3 Å². The van der Waals surface area contributed by atoms with Gasteiger partial charge in [-0.2, -0.15) is 0 Å². The molecule has 0 unspecified atom stereocenters. The van der Waals surface area contributed by atoms with Crippen LogP contribution in [0.4, 0.5) is 17.1 Å². The molecule has 3 aromatic rings. The smallest absolute Gasteiger partial charge is 0.673 e. The summed E-state index contributed by atoms with van der Waals surface area (Å²) >= 11 is 1.12. The molecule has 0 radical (unpaired) electrons. The molecule has 7 nitrogen and oxygen atoms in total. The predicted octanol–water partition coefficient (Wildman–Crippen LogP) is 0.964. The number of rotatable bonds is 7. The zero-order chi connectivity index (χ0) is 21.3. The average Bonchev–Trinajstić information content (AvgIpc) is 3.00. The molecular formula is C21H22LiN3O4S. The molecule has 1 amide bonds. The summed E-state index contributed by atoms with van der Waals surface area (Å²) < 4.78 is 0. The van der Waals surface area contributed by atoms with Crippen molar-refractivity contribution < 1.29 is 28.8 Å². The van der Waals surface area contributed by atoms with Crippen molar-refractivity contribution >= 4 is 34.3 Å². The fourth-order valence-corrected chi connectivity index (χ4v) is 4.03. The van der Waals surface area contributed by atoms with Crippen molar-refractivity contribution in [1.29, 1.82) is 0 Å². The first-order chi connectivity index (χ1) is 13.8. The van der Waals surface area contributed by atoms with Gasteiger partial charge in [0, 0.05) is 19.0 Å². The number of thiophene rings is 1. The van der Waals surface area contributed by atoms with Gasteiger partial charge in [0.15, 0.2) is 5.75 Å². The van der Waals surface area contributed by atoms with E-state index in [9.17, 15) is 19.5 Å². The topological polar surface area (TPSA) is 101 Å². The van der Waals surface area contributed by atoms with Gasteiger partial charge in [-0.3, -0.25) is 14.4 Å². The molecular weight excluding hydrogens is 397 g/mol. The van der Waals surface area contributed by atoms with Crippen molar-refractivity contribution in [3.8, 4) is 5.75 Å². The molecule has 2 N–H and O–H groups in total. The van der Waals surface area contributed by atoms with Gasteiger partial charge in [0.25, 0.3) is 5.91 Å². The van der Waals surface area contributed by atoms with Crippen molar-refractivity contribution in [3.05, 3.63) is 71.4 Å². The van der Waals surface area contributed by atoms with Gasteiger partial charge in [0.05, 0.1) is 11.4 Å². The van der Waals surface area contributed by atoms with Crippen LogP contribution >= 0.6 is 11.3 Å². The summed E-state index contributed by atoms with van der Waals surface area (Å²) in [5.74, 6) is -0.575. The van der Waals surface area contributed by atoms with E-state index in [1.54, 1.807) is 21.0 Å². The number of benzene rings is 1. The van der Waals surface area contributed by atoms with Gasteiger partial charge in [-0.05, 0) is 6.92 Å². The standard InChI is InChI=1S/C21H23N3O4S.Li/c1-5-13(12-9-7-6-8-10-12)22-15-16(18(26)17(15)25)23-14-11(2)29-20(19(14)27)21(28)24(3)4;/h6-10,13H,5H2,1-4H3,(H3,22,23,25,26,27,28);/q;+1/p-1/t13-;/m1./s1. The molecule has 0 bridgehead atoms. The van der Waals surface area contributed by atoms with Crippen LogP contribution in [-0.4, -0.2) is 30.0 Å². The summed E-state index contributed by atoms with van der Waals surface area (Å²) in [6.45, 7) is 3.67. The van der Waals surface area contributed by atoms with Crippen LogP contribution in [0.5, 0.6) is 5.75 Å². The van der Waals surface area contributed by atoms with Crippen LogP contribution in [0.1, 0.15) is 39.5 Å². The Morgan fingerprint density at radius 2 is 1.80 bits per heavy atom. The molecule has 1 aromatic heterocycles. The average molecular weight is 419 g/mol.